The number of halogens is 5. The van der Waals surface area contributed by atoms with Crippen LogP contribution in [0.3, 0.4) is 0 Å². The molecule has 0 aliphatic carbocycles. The van der Waals surface area contributed by atoms with Gasteiger partial charge in [0.2, 0.25) is 5.88 Å². The van der Waals surface area contributed by atoms with Gasteiger partial charge in [0.25, 0.3) is 0 Å². The van der Waals surface area contributed by atoms with E-state index in [-0.39, 0.29) is 34.8 Å². The van der Waals surface area contributed by atoms with E-state index >= 15 is 0 Å². The van der Waals surface area contributed by atoms with Crippen molar-refractivity contribution in [3.8, 4) is 5.88 Å². The van der Waals surface area contributed by atoms with E-state index in [1.807, 2.05) is 0 Å². The van der Waals surface area contributed by atoms with Gasteiger partial charge >= 0.3 is 6.18 Å². The van der Waals surface area contributed by atoms with Crippen molar-refractivity contribution in [2.45, 2.75) is 25.8 Å². The third kappa shape index (κ3) is 4.81. The van der Waals surface area contributed by atoms with Gasteiger partial charge in [-0.15, -0.1) is 0 Å². The summed E-state index contributed by atoms with van der Waals surface area (Å²) >= 11 is 5.63. The summed E-state index contributed by atoms with van der Waals surface area (Å²) in [7, 11) is 0. The lowest BCUT2D eigenvalue weighted by atomic mass is 10.1. The zero-order valence-corrected chi connectivity index (χ0v) is 13.7. The van der Waals surface area contributed by atoms with Crippen LogP contribution in [0.2, 0.25) is 5.02 Å². The largest absolute Gasteiger partial charge is 0.472 e. The molecule has 1 aromatic carbocycles. The molecule has 2 aromatic rings. The molecule has 0 radical (unpaired) electrons. The Kier molecular flexibility index (Phi) is 6.21. The maximum absolute atomic E-state index is 13.7. The summed E-state index contributed by atoms with van der Waals surface area (Å²) in [5, 5.41) is 9.46. The van der Waals surface area contributed by atoms with Gasteiger partial charge in [0.05, 0.1) is 12.3 Å². The first-order valence-corrected chi connectivity index (χ1v) is 7.61. The summed E-state index contributed by atoms with van der Waals surface area (Å²) < 4.78 is 58.6. The van der Waals surface area contributed by atoms with E-state index in [0.29, 0.717) is 0 Å². The normalized spacial score (nSPS) is 11.6. The van der Waals surface area contributed by atoms with Crippen molar-refractivity contribution < 1.29 is 27.4 Å². The zero-order valence-electron chi connectivity index (χ0n) is 12.9. The predicted molar refractivity (Wildman–Crippen MR) is 83.7 cm³/mol. The molecule has 0 aliphatic rings. The second-order valence-corrected chi connectivity index (χ2v) is 5.60. The molecule has 136 valence electrons. The quantitative estimate of drug-likeness (QED) is 0.755. The molecule has 0 spiro atoms. The number of rotatable bonds is 6. The third-order valence-corrected chi connectivity index (χ3v) is 3.64. The minimum Gasteiger partial charge on any atom is -0.472 e. The molecule has 0 aliphatic heterocycles. The van der Waals surface area contributed by atoms with Crippen molar-refractivity contribution in [3.05, 3.63) is 57.5 Å². The number of aromatic nitrogens is 1. The lowest BCUT2D eigenvalue weighted by Crippen LogP contribution is -2.15. The van der Waals surface area contributed by atoms with Crippen LogP contribution in [0.4, 0.5) is 17.6 Å². The Morgan fingerprint density at radius 1 is 1.20 bits per heavy atom. The summed E-state index contributed by atoms with van der Waals surface area (Å²) in [6, 6.07) is 4.58. The molecule has 0 atom stereocenters. The first-order valence-electron chi connectivity index (χ1n) is 7.24. The summed E-state index contributed by atoms with van der Waals surface area (Å²) in [4.78, 5) is 3.74. The van der Waals surface area contributed by atoms with E-state index in [2.05, 4.69) is 4.98 Å². The maximum Gasteiger partial charge on any atom is 0.421 e. The molecule has 3 N–H and O–H groups in total. The zero-order chi connectivity index (χ0) is 18.6. The first-order chi connectivity index (χ1) is 11.8. The first kappa shape index (κ1) is 19.4. The van der Waals surface area contributed by atoms with Crippen LogP contribution in [0, 0.1) is 5.82 Å². The van der Waals surface area contributed by atoms with Crippen LogP contribution in [0.25, 0.3) is 0 Å². The molecule has 1 aromatic heterocycles. The Morgan fingerprint density at radius 2 is 1.92 bits per heavy atom. The molecule has 0 amide bonds. The predicted octanol–water partition coefficient (Wildman–Crippen LogP) is 3.47. The van der Waals surface area contributed by atoms with Gasteiger partial charge in [-0.25, -0.2) is 9.37 Å². The van der Waals surface area contributed by atoms with Crippen LogP contribution in [0.1, 0.15) is 22.4 Å². The van der Waals surface area contributed by atoms with Crippen molar-refractivity contribution >= 4 is 11.6 Å². The van der Waals surface area contributed by atoms with Crippen LogP contribution in [-0.4, -0.2) is 16.6 Å². The number of benzene rings is 1. The van der Waals surface area contributed by atoms with Crippen LogP contribution < -0.4 is 10.5 Å². The number of hydrogen-bond donors (Lipinski definition) is 2. The fourth-order valence-corrected chi connectivity index (χ4v) is 2.34. The Bertz CT molecular complexity index is 754. The number of hydrogen-bond acceptors (Lipinski definition) is 4. The van der Waals surface area contributed by atoms with E-state index in [1.165, 1.54) is 12.1 Å². The lowest BCUT2D eigenvalue weighted by molar-refractivity contribution is -0.139. The summed E-state index contributed by atoms with van der Waals surface area (Å²) in [6.07, 6.45) is -4.60. The van der Waals surface area contributed by atoms with Crippen molar-refractivity contribution in [3.63, 3.8) is 0 Å². The van der Waals surface area contributed by atoms with E-state index in [1.54, 1.807) is 0 Å². The summed E-state index contributed by atoms with van der Waals surface area (Å²) in [5.74, 6) is -1.44. The summed E-state index contributed by atoms with van der Waals surface area (Å²) in [5.41, 5.74) is 4.50. The number of nitrogens with zero attached hydrogens (tertiary/aromatic N) is 1. The topological polar surface area (TPSA) is 68.4 Å². The molecular weight excluding hydrogens is 364 g/mol. The number of aliphatic hydroxyl groups is 1. The monoisotopic (exact) mass is 378 g/mol. The minimum atomic E-state index is -4.72. The number of alkyl halides is 3. The summed E-state index contributed by atoms with van der Waals surface area (Å²) in [6.45, 7) is -0.943. The Morgan fingerprint density at radius 3 is 2.48 bits per heavy atom. The lowest BCUT2D eigenvalue weighted by Gasteiger charge is -2.17. The van der Waals surface area contributed by atoms with Crippen LogP contribution >= 0.6 is 11.6 Å². The molecular formula is C16H15ClF4N2O2. The van der Waals surface area contributed by atoms with Gasteiger partial charge in [-0.1, -0.05) is 17.7 Å². The fourth-order valence-electron chi connectivity index (χ4n) is 2.18. The highest BCUT2D eigenvalue weighted by atomic mass is 35.5. The Balaban J connectivity index is 2.37. The number of pyridine rings is 1. The van der Waals surface area contributed by atoms with Gasteiger partial charge in [-0.2, -0.15) is 13.2 Å². The van der Waals surface area contributed by atoms with E-state index in [4.69, 9.17) is 22.1 Å². The van der Waals surface area contributed by atoms with Crippen LogP contribution in [-0.2, 0) is 25.8 Å². The highest BCUT2D eigenvalue weighted by Gasteiger charge is 2.36. The molecule has 0 bridgehead atoms. The molecule has 0 fully saturated rings. The van der Waals surface area contributed by atoms with Crippen molar-refractivity contribution in [2.75, 3.05) is 6.54 Å². The smallest absolute Gasteiger partial charge is 0.421 e. The van der Waals surface area contributed by atoms with Crippen LogP contribution in [0.15, 0.2) is 24.3 Å². The molecule has 0 saturated heterocycles. The van der Waals surface area contributed by atoms with Gasteiger partial charge in [-0.05, 0) is 36.7 Å². The van der Waals surface area contributed by atoms with Crippen molar-refractivity contribution in [1.82, 2.24) is 4.98 Å². The van der Waals surface area contributed by atoms with Crippen LogP contribution in [0.5, 0.6) is 5.88 Å². The molecule has 0 saturated carbocycles. The third-order valence-electron chi connectivity index (χ3n) is 3.40. The average Bonchev–Trinajstić information content (AvgIpc) is 2.53. The molecule has 9 heteroatoms. The molecule has 2 rings (SSSR count). The number of nitrogens with two attached hydrogens (primary N) is 1. The van der Waals surface area contributed by atoms with E-state index < -0.39 is 36.7 Å². The standard InChI is InChI=1S/C16H15ClF4N2O2/c17-11-2-1-10(13(18)6-11)8-25-15-12(16(19,20)21)5-9(3-4-22)14(7-24)23-15/h1-2,5-6,24H,3-4,7-8,22H2. The highest BCUT2D eigenvalue weighted by Crippen LogP contribution is 2.37. The van der Waals surface area contributed by atoms with E-state index in [0.717, 1.165) is 12.1 Å². The molecule has 4 nitrogen and oxygen atoms in total. The van der Waals surface area contributed by atoms with Gasteiger partial charge < -0.3 is 15.6 Å². The van der Waals surface area contributed by atoms with Crippen molar-refractivity contribution in [1.29, 1.82) is 0 Å². The molecule has 25 heavy (non-hydrogen) atoms. The van der Waals surface area contributed by atoms with Gasteiger partial charge in [-0.3, -0.25) is 0 Å². The van der Waals surface area contributed by atoms with Gasteiger partial charge in [0.1, 0.15) is 18.0 Å². The molecule has 1 heterocycles. The number of aliphatic hydroxyl groups excluding tert-OH is 1. The highest BCUT2D eigenvalue weighted by molar-refractivity contribution is 6.30. The second-order valence-electron chi connectivity index (χ2n) is 5.17. The fraction of sp³-hybridized carbons (Fsp3) is 0.312. The minimum absolute atomic E-state index is 0.0240. The van der Waals surface area contributed by atoms with Gasteiger partial charge in [0, 0.05) is 10.6 Å². The Hall–Kier alpha value is -1.90. The maximum atomic E-state index is 13.7. The SMILES string of the molecule is NCCc1cc(C(F)(F)F)c(OCc2ccc(Cl)cc2F)nc1CO. The molecule has 0 unspecified atom stereocenters. The average molecular weight is 379 g/mol. The van der Waals surface area contributed by atoms with E-state index in [9.17, 15) is 22.7 Å². The Labute approximate surface area is 146 Å². The number of ether oxygens (including phenoxy) is 1. The van der Waals surface area contributed by atoms with Gasteiger partial charge in [0.15, 0.2) is 0 Å². The van der Waals surface area contributed by atoms with Crippen molar-refractivity contribution in [2.24, 2.45) is 5.73 Å². The second kappa shape index (κ2) is 7.99.